The van der Waals surface area contributed by atoms with Crippen LogP contribution < -0.4 is 0 Å². The Morgan fingerprint density at radius 2 is 1.94 bits per heavy atom. The zero-order valence-corrected chi connectivity index (χ0v) is 11.1. The molecule has 17 heavy (non-hydrogen) atoms. The molecule has 1 rings (SSSR count). The molecule has 92 valence electrons. The van der Waals surface area contributed by atoms with E-state index in [1.165, 1.54) is 24.0 Å². The van der Waals surface area contributed by atoms with Crippen LogP contribution in [-0.2, 0) is 0 Å². The van der Waals surface area contributed by atoms with E-state index in [0.717, 1.165) is 18.4 Å². The molecular formula is C16H22O. The van der Waals surface area contributed by atoms with E-state index in [2.05, 4.69) is 44.7 Å². The van der Waals surface area contributed by atoms with E-state index in [9.17, 15) is 5.11 Å². The molecule has 1 unspecified atom stereocenters. The van der Waals surface area contributed by atoms with Crippen molar-refractivity contribution in [1.29, 1.82) is 0 Å². The predicted octanol–water partition coefficient (Wildman–Crippen LogP) is 3.60. The molecule has 0 fully saturated rings. The molecule has 0 spiro atoms. The second-order valence-electron chi connectivity index (χ2n) is 4.58. The van der Waals surface area contributed by atoms with Crippen molar-refractivity contribution in [2.75, 3.05) is 0 Å². The van der Waals surface area contributed by atoms with Gasteiger partial charge in [0.15, 0.2) is 0 Å². The van der Waals surface area contributed by atoms with Crippen molar-refractivity contribution in [3.63, 3.8) is 0 Å². The van der Waals surface area contributed by atoms with E-state index in [1.54, 1.807) is 0 Å². The Morgan fingerprint density at radius 1 is 1.18 bits per heavy atom. The number of rotatable bonds is 4. The van der Waals surface area contributed by atoms with Gasteiger partial charge in [-0.15, -0.1) is 0 Å². The van der Waals surface area contributed by atoms with Gasteiger partial charge in [-0.1, -0.05) is 37.7 Å². The van der Waals surface area contributed by atoms with Gasteiger partial charge in [-0.2, -0.15) is 0 Å². The van der Waals surface area contributed by atoms with Crippen LogP contribution in [-0.4, -0.2) is 11.2 Å². The fourth-order valence-electron chi connectivity index (χ4n) is 1.65. The van der Waals surface area contributed by atoms with Crippen LogP contribution in [0, 0.1) is 25.7 Å². The highest BCUT2D eigenvalue weighted by atomic mass is 16.3. The standard InChI is InChI=1S/C16H22O/c1-4-5-6-7-16(17)11-10-15-9-8-13(2)14(3)12-15/h8-9,12,16-17H,4-7H2,1-3H3. The number of aliphatic hydroxyl groups excluding tert-OH is 1. The first-order valence-corrected chi connectivity index (χ1v) is 6.40. The zero-order valence-electron chi connectivity index (χ0n) is 11.1. The summed E-state index contributed by atoms with van der Waals surface area (Å²) in [6.07, 6.45) is 3.70. The van der Waals surface area contributed by atoms with Crippen molar-refractivity contribution in [1.82, 2.24) is 0 Å². The van der Waals surface area contributed by atoms with E-state index in [4.69, 9.17) is 0 Å². The molecular weight excluding hydrogens is 208 g/mol. The lowest BCUT2D eigenvalue weighted by Crippen LogP contribution is -2.02. The minimum atomic E-state index is -0.483. The summed E-state index contributed by atoms with van der Waals surface area (Å²) in [5.74, 6) is 5.95. The Kier molecular flexibility index (Phi) is 5.80. The minimum Gasteiger partial charge on any atom is -0.380 e. The van der Waals surface area contributed by atoms with Crippen molar-refractivity contribution < 1.29 is 5.11 Å². The maximum atomic E-state index is 9.69. The largest absolute Gasteiger partial charge is 0.380 e. The van der Waals surface area contributed by atoms with Gasteiger partial charge >= 0.3 is 0 Å². The molecule has 0 bridgehead atoms. The maximum Gasteiger partial charge on any atom is 0.115 e. The average Bonchev–Trinajstić information content (AvgIpc) is 2.31. The first-order chi connectivity index (χ1) is 8.13. The van der Waals surface area contributed by atoms with Crippen molar-refractivity contribution >= 4 is 0 Å². The molecule has 1 aromatic carbocycles. The highest BCUT2D eigenvalue weighted by Crippen LogP contribution is 2.09. The molecule has 0 radical (unpaired) electrons. The lowest BCUT2D eigenvalue weighted by molar-refractivity contribution is 0.217. The number of unbranched alkanes of at least 4 members (excludes halogenated alkanes) is 2. The summed E-state index contributed by atoms with van der Waals surface area (Å²) in [4.78, 5) is 0. The van der Waals surface area contributed by atoms with E-state index in [1.807, 2.05) is 6.07 Å². The van der Waals surface area contributed by atoms with Gasteiger partial charge in [-0.3, -0.25) is 0 Å². The molecule has 0 aromatic heterocycles. The third-order valence-corrected chi connectivity index (χ3v) is 2.97. The molecule has 1 heteroatoms. The maximum absolute atomic E-state index is 9.69. The number of aryl methyl sites for hydroxylation is 2. The Bertz CT molecular complexity index is 409. The second-order valence-corrected chi connectivity index (χ2v) is 4.58. The lowest BCUT2D eigenvalue weighted by atomic mass is 10.1. The van der Waals surface area contributed by atoms with Crippen LogP contribution in [0.3, 0.4) is 0 Å². The number of aliphatic hydroxyl groups is 1. The summed E-state index contributed by atoms with van der Waals surface area (Å²) in [5, 5.41) is 9.69. The van der Waals surface area contributed by atoms with Crippen LogP contribution >= 0.6 is 0 Å². The van der Waals surface area contributed by atoms with E-state index < -0.39 is 6.10 Å². The van der Waals surface area contributed by atoms with Crippen LogP contribution in [0.1, 0.15) is 49.3 Å². The molecule has 0 amide bonds. The Balaban J connectivity index is 2.55. The molecule has 0 aliphatic heterocycles. The summed E-state index contributed by atoms with van der Waals surface area (Å²) < 4.78 is 0. The van der Waals surface area contributed by atoms with E-state index in [0.29, 0.717) is 0 Å². The molecule has 1 atom stereocenters. The first kappa shape index (κ1) is 13.8. The molecule has 0 saturated carbocycles. The third kappa shape index (κ3) is 5.06. The van der Waals surface area contributed by atoms with Crippen LogP contribution in [0.4, 0.5) is 0 Å². The molecule has 0 saturated heterocycles. The molecule has 1 N–H and O–H groups in total. The van der Waals surface area contributed by atoms with Crippen molar-refractivity contribution in [2.45, 2.75) is 52.6 Å². The van der Waals surface area contributed by atoms with E-state index >= 15 is 0 Å². The van der Waals surface area contributed by atoms with Crippen molar-refractivity contribution in [3.05, 3.63) is 34.9 Å². The Labute approximate surface area is 105 Å². The van der Waals surface area contributed by atoms with Gasteiger partial charge in [0.05, 0.1) is 0 Å². The smallest absolute Gasteiger partial charge is 0.115 e. The van der Waals surface area contributed by atoms with Crippen molar-refractivity contribution in [3.8, 4) is 11.8 Å². The lowest BCUT2D eigenvalue weighted by Gasteiger charge is -2.02. The van der Waals surface area contributed by atoms with Gasteiger partial charge in [0, 0.05) is 5.56 Å². The fraction of sp³-hybridized carbons (Fsp3) is 0.500. The highest BCUT2D eigenvalue weighted by Gasteiger charge is 1.98. The van der Waals surface area contributed by atoms with Gasteiger partial charge < -0.3 is 5.11 Å². The summed E-state index contributed by atoms with van der Waals surface area (Å²) in [7, 11) is 0. The molecule has 0 heterocycles. The Hall–Kier alpha value is -1.26. The van der Waals surface area contributed by atoms with Crippen LogP contribution in [0.15, 0.2) is 18.2 Å². The minimum absolute atomic E-state index is 0.483. The normalized spacial score (nSPS) is 11.8. The fourth-order valence-corrected chi connectivity index (χ4v) is 1.65. The molecule has 0 aliphatic rings. The van der Waals surface area contributed by atoms with Gasteiger partial charge in [0.25, 0.3) is 0 Å². The highest BCUT2D eigenvalue weighted by molar-refractivity contribution is 5.40. The van der Waals surface area contributed by atoms with Crippen LogP contribution in [0.5, 0.6) is 0 Å². The van der Waals surface area contributed by atoms with Crippen LogP contribution in [0.25, 0.3) is 0 Å². The molecule has 1 aromatic rings. The monoisotopic (exact) mass is 230 g/mol. The zero-order chi connectivity index (χ0) is 12.7. The predicted molar refractivity (Wildman–Crippen MR) is 72.9 cm³/mol. The van der Waals surface area contributed by atoms with Gasteiger partial charge in [-0.25, -0.2) is 0 Å². The summed E-state index contributed by atoms with van der Waals surface area (Å²) in [6, 6.07) is 6.15. The second kappa shape index (κ2) is 7.14. The van der Waals surface area contributed by atoms with Gasteiger partial charge in [0.1, 0.15) is 6.10 Å². The van der Waals surface area contributed by atoms with Crippen molar-refractivity contribution in [2.24, 2.45) is 0 Å². The molecule has 1 nitrogen and oxygen atoms in total. The number of hydrogen-bond acceptors (Lipinski definition) is 1. The van der Waals surface area contributed by atoms with E-state index in [-0.39, 0.29) is 0 Å². The third-order valence-electron chi connectivity index (χ3n) is 2.97. The summed E-state index contributed by atoms with van der Waals surface area (Å²) >= 11 is 0. The Morgan fingerprint density at radius 3 is 2.59 bits per heavy atom. The summed E-state index contributed by atoms with van der Waals surface area (Å²) in [5.41, 5.74) is 3.51. The van der Waals surface area contributed by atoms with Gasteiger partial charge in [0.2, 0.25) is 0 Å². The average molecular weight is 230 g/mol. The number of benzene rings is 1. The SMILES string of the molecule is CCCCCC(O)C#Cc1ccc(C)c(C)c1. The topological polar surface area (TPSA) is 20.2 Å². The quantitative estimate of drug-likeness (QED) is 0.619. The first-order valence-electron chi connectivity index (χ1n) is 6.40. The van der Waals surface area contributed by atoms with Crippen LogP contribution in [0.2, 0.25) is 0 Å². The van der Waals surface area contributed by atoms with Gasteiger partial charge in [-0.05, 0) is 49.9 Å². The molecule has 0 aliphatic carbocycles. The summed E-state index contributed by atoms with van der Waals surface area (Å²) in [6.45, 7) is 6.33. The number of hydrogen-bond donors (Lipinski definition) is 1.